The number of β-lactam (4-membered cyclic amide) rings is 1. The van der Waals surface area contributed by atoms with Crippen molar-refractivity contribution < 1.29 is 19.2 Å². The third-order valence-electron chi connectivity index (χ3n) is 7.76. The molecule has 2 atom stereocenters. The van der Waals surface area contributed by atoms with Gasteiger partial charge in [-0.05, 0) is 70.9 Å². The largest absolute Gasteiger partial charge is 0.374 e. The number of hydrogen-bond acceptors (Lipinski definition) is 5. The second kappa shape index (κ2) is 12.4. The minimum Gasteiger partial charge on any atom is -0.374 e. The van der Waals surface area contributed by atoms with Crippen LogP contribution in [0, 0.1) is 12.3 Å². The molecule has 8 nitrogen and oxygen atoms in total. The predicted molar refractivity (Wildman–Crippen MR) is 148 cm³/mol. The van der Waals surface area contributed by atoms with E-state index in [-0.39, 0.29) is 23.3 Å². The van der Waals surface area contributed by atoms with Gasteiger partial charge in [0.1, 0.15) is 0 Å². The molecule has 2 aromatic rings. The van der Waals surface area contributed by atoms with Crippen molar-refractivity contribution in [2.75, 3.05) is 20.6 Å². The third-order valence-corrected chi connectivity index (χ3v) is 7.76. The molecule has 1 aliphatic heterocycles. The van der Waals surface area contributed by atoms with Crippen molar-refractivity contribution >= 4 is 17.8 Å². The zero-order valence-electron chi connectivity index (χ0n) is 23.6. The SMILES string of the molecule is CCCC(c1ccc(C)cc1)N(Oc1ccccc1C(N)=O)C(=O)N1C(=O)C(CC)(CC)C1CCN(C)C. The third kappa shape index (κ3) is 5.70. The van der Waals surface area contributed by atoms with E-state index < -0.39 is 23.4 Å². The number of rotatable bonds is 12. The number of nitrogens with two attached hydrogens (primary N) is 1. The van der Waals surface area contributed by atoms with E-state index in [0.717, 1.165) is 24.1 Å². The first-order chi connectivity index (χ1) is 18.1. The Labute approximate surface area is 226 Å². The number of nitrogens with zero attached hydrogens (tertiary/aromatic N) is 3. The van der Waals surface area contributed by atoms with Crippen molar-refractivity contribution in [3.63, 3.8) is 0 Å². The Hall–Kier alpha value is -3.39. The standard InChI is InChI=1S/C30H42N4O4/c1-7-12-24(22-17-15-21(4)16-18-22)34(38-25-14-11-10-13-23(25)27(31)35)29(37)33-26(19-20-32(5)6)30(8-2,9-3)28(33)36/h10-11,13-18,24,26H,7-9,12,19-20H2,1-6H3,(H2,31,35). The quantitative estimate of drug-likeness (QED) is 0.301. The lowest BCUT2D eigenvalue weighted by Gasteiger charge is -2.55. The highest BCUT2D eigenvalue weighted by atomic mass is 16.7. The number of carbonyl (C=O) groups excluding carboxylic acids is 3. The average Bonchev–Trinajstić information content (AvgIpc) is 2.89. The molecular formula is C30H42N4O4. The van der Waals surface area contributed by atoms with Crippen LogP contribution in [0.4, 0.5) is 4.79 Å². The van der Waals surface area contributed by atoms with Gasteiger partial charge in [-0.1, -0.05) is 69.2 Å². The molecule has 2 unspecified atom stereocenters. The minimum absolute atomic E-state index is 0.167. The van der Waals surface area contributed by atoms with Crippen molar-refractivity contribution in [1.29, 1.82) is 0 Å². The van der Waals surface area contributed by atoms with E-state index in [9.17, 15) is 14.4 Å². The zero-order chi connectivity index (χ0) is 28.0. The van der Waals surface area contributed by atoms with Gasteiger partial charge >= 0.3 is 6.03 Å². The summed E-state index contributed by atoms with van der Waals surface area (Å²) >= 11 is 0. The van der Waals surface area contributed by atoms with Gasteiger partial charge in [0.25, 0.3) is 5.91 Å². The highest BCUT2D eigenvalue weighted by Crippen LogP contribution is 2.48. The number of urea groups is 1. The van der Waals surface area contributed by atoms with E-state index in [1.165, 1.54) is 9.96 Å². The molecule has 2 N–H and O–H groups in total. The highest BCUT2D eigenvalue weighted by Gasteiger charge is 2.61. The fourth-order valence-corrected chi connectivity index (χ4v) is 5.41. The number of carbonyl (C=O) groups is 3. The Kier molecular flexibility index (Phi) is 9.55. The van der Waals surface area contributed by atoms with Crippen LogP contribution in [0.15, 0.2) is 48.5 Å². The lowest BCUT2D eigenvalue weighted by Crippen LogP contribution is -2.72. The van der Waals surface area contributed by atoms with Gasteiger partial charge in [0.05, 0.1) is 23.1 Å². The van der Waals surface area contributed by atoms with Gasteiger partial charge in [-0.15, -0.1) is 5.06 Å². The molecule has 0 aliphatic carbocycles. The number of amides is 4. The summed E-state index contributed by atoms with van der Waals surface area (Å²) in [5.41, 5.74) is 7.19. The number of hydrogen-bond donors (Lipinski definition) is 1. The summed E-state index contributed by atoms with van der Waals surface area (Å²) in [6.45, 7) is 8.80. The van der Waals surface area contributed by atoms with Gasteiger partial charge in [0.15, 0.2) is 5.75 Å². The molecule has 8 heteroatoms. The Balaban J connectivity index is 2.09. The molecule has 1 fully saturated rings. The topological polar surface area (TPSA) is 96.2 Å². The number of hydroxylamine groups is 2. The number of primary amides is 1. The van der Waals surface area contributed by atoms with Crippen molar-refractivity contribution in [3.05, 3.63) is 65.2 Å². The zero-order valence-corrected chi connectivity index (χ0v) is 23.6. The van der Waals surface area contributed by atoms with Crippen LogP contribution in [0.3, 0.4) is 0 Å². The van der Waals surface area contributed by atoms with Gasteiger partial charge < -0.3 is 15.5 Å². The van der Waals surface area contributed by atoms with E-state index in [0.29, 0.717) is 25.7 Å². The normalized spacial score (nSPS) is 17.2. The lowest BCUT2D eigenvalue weighted by molar-refractivity contribution is -0.173. The summed E-state index contributed by atoms with van der Waals surface area (Å²) in [5.74, 6) is -0.654. The maximum atomic E-state index is 14.3. The van der Waals surface area contributed by atoms with E-state index in [4.69, 9.17) is 10.6 Å². The summed E-state index contributed by atoms with van der Waals surface area (Å²) in [6, 6.07) is 13.3. The van der Waals surface area contributed by atoms with Crippen LogP contribution in [0.1, 0.15) is 80.4 Å². The van der Waals surface area contributed by atoms with Gasteiger partial charge in [-0.2, -0.15) is 0 Å². The summed E-state index contributed by atoms with van der Waals surface area (Å²) in [5, 5.41) is 1.28. The van der Waals surface area contributed by atoms with Gasteiger partial charge in [0.2, 0.25) is 5.91 Å². The predicted octanol–water partition coefficient (Wildman–Crippen LogP) is 5.32. The van der Waals surface area contributed by atoms with E-state index in [2.05, 4.69) is 4.90 Å². The summed E-state index contributed by atoms with van der Waals surface area (Å²) in [4.78, 5) is 49.9. The number of benzene rings is 2. The van der Waals surface area contributed by atoms with Crippen LogP contribution in [-0.4, -0.2) is 59.4 Å². The molecule has 1 heterocycles. The fourth-order valence-electron chi connectivity index (χ4n) is 5.41. The molecule has 0 spiro atoms. The first-order valence-electron chi connectivity index (χ1n) is 13.6. The number of para-hydroxylation sites is 1. The average molecular weight is 523 g/mol. The smallest absolute Gasteiger partial charge is 0.360 e. The Morgan fingerprint density at radius 2 is 1.68 bits per heavy atom. The Bertz CT molecular complexity index is 1130. The molecule has 0 saturated carbocycles. The maximum absolute atomic E-state index is 14.3. The van der Waals surface area contributed by atoms with Crippen molar-refractivity contribution in [1.82, 2.24) is 14.9 Å². The van der Waals surface area contributed by atoms with Crippen molar-refractivity contribution in [2.45, 2.75) is 71.9 Å². The first-order valence-corrected chi connectivity index (χ1v) is 13.6. The maximum Gasteiger partial charge on any atom is 0.360 e. The first kappa shape index (κ1) is 29.2. The molecule has 0 aromatic heterocycles. The lowest BCUT2D eigenvalue weighted by atomic mass is 9.65. The van der Waals surface area contributed by atoms with E-state index >= 15 is 0 Å². The molecule has 1 saturated heterocycles. The summed E-state index contributed by atoms with van der Waals surface area (Å²) in [7, 11) is 3.97. The van der Waals surface area contributed by atoms with Crippen LogP contribution in [0.25, 0.3) is 0 Å². The molecule has 2 aromatic carbocycles. The summed E-state index contributed by atoms with van der Waals surface area (Å²) < 4.78 is 0. The molecule has 0 bridgehead atoms. The molecule has 4 amide bonds. The van der Waals surface area contributed by atoms with Crippen LogP contribution in [0.2, 0.25) is 0 Å². The number of likely N-dealkylation sites (tertiary alicyclic amines) is 1. The van der Waals surface area contributed by atoms with Crippen molar-refractivity contribution in [2.24, 2.45) is 11.1 Å². The molecule has 206 valence electrons. The van der Waals surface area contributed by atoms with E-state index in [1.807, 2.05) is 66.1 Å². The van der Waals surface area contributed by atoms with Crippen LogP contribution < -0.4 is 10.6 Å². The monoisotopic (exact) mass is 522 g/mol. The van der Waals surface area contributed by atoms with Crippen LogP contribution in [0.5, 0.6) is 5.75 Å². The Morgan fingerprint density at radius 3 is 2.24 bits per heavy atom. The number of aryl methyl sites for hydroxylation is 1. The molecule has 38 heavy (non-hydrogen) atoms. The van der Waals surface area contributed by atoms with Crippen LogP contribution >= 0.6 is 0 Å². The Morgan fingerprint density at radius 1 is 1.05 bits per heavy atom. The van der Waals surface area contributed by atoms with Gasteiger partial charge in [0, 0.05) is 0 Å². The molecule has 0 radical (unpaired) electrons. The second-order valence-electron chi connectivity index (χ2n) is 10.4. The summed E-state index contributed by atoms with van der Waals surface area (Å²) in [6.07, 6.45) is 3.36. The number of imide groups is 1. The van der Waals surface area contributed by atoms with Gasteiger partial charge in [-0.25, -0.2) is 4.79 Å². The molecule has 3 rings (SSSR count). The van der Waals surface area contributed by atoms with Crippen molar-refractivity contribution in [3.8, 4) is 5.75 Å². The second-order valence-corrected chi connectivity index (χ2v) is 10.4. The molecular weight excluding hydrogens is 480 g/mol. The minimum atomic E-state index is -0.657. The van der Waals surface area contributed by atoms with Crippen LogP contribution in [-0.2, 0) is 4.79 Å². The highest BCUT2D eigenvalue weighted by molar-refractivity contribution is 6.03. The molecule has 1 aliphatic rings. The van der Waals surface area contributed by atoms with Gasteiger partial charge in [-0.3, -0.25) is 14.5 Å². The van der Waals surface area contributed by atoms with E-state index in [1.54, 1.807) is 24.3 Å². The fraction of sp³-hybridized carbons (Fsp3) is 0.500.